The van der Waals surface area contributed by atoms with Crippen LogP contribution in [0.15, 0.2) is 29.2 Å². The number of amides is 1. The van der Waals surface area contributed by atoms with Crippen LogP contribution in [-0.4, -0.2) is 24.2 Å². The Kier molecular flexibility index (Phi) is 6.83. The molecule has 0 aromatic heterocycles. The van der Waals surface area contributed by atoms with E-state index in [9.17, 15) is 4.79 Å². The van der Waals surface area contributed by atoms with E-state index in [0.717, 1.165) is 6.54 Å². The summed E-state index contributed by atoms with van der Waals surface area (Å²) in [5.74, 6) is 0.570. The molecule has 0 radical (unpaired) electrons. The molecule has 0 bridgehead atoms. The van der Waals surface area contributed by atoms with Crippen LogP contribution < -0.4 is 10.6 Å². The quantitative estimate of drug-likeness (QED) is 0.745. The van der Waals surface area contributed by atoms with Gasteiger partial charge in [-0.1, -0.05) is 32.0 Å². The van der Waals surface area contributed by atoms with Crippen LogP contribution >= 0.6 is 11.8 Å². The van der Waals surface area contributed by atoms with Gasteiger partial charge in [0.15, 0.2) is 0 Å². The Morgan fingerprint density at radius 2 is 2.06 bits per heavy atom. The number of rotatable bonds is 7. The van der Waals surface area contributed by atoms with Crippen LogP contribution in [0.5, 0.6) is 0 Å². The first-order valence-corrected chi connectivity index (χ1v) is 7.32. The number of thioether (sulfide) groups is 1. The highest BCUT2D eigenvalue weighted by molar-refractivity contribution is 8.00. The molecule has 0 atom stereocenters. The fourth-order valence-corrected chi connectivity index (χ4v) is 2.39. The van der Waals surface area contributed by atoms with Crippen molar-refractivity contribution in [3.63, 3.8) is 0 Å². The second-order valence-electron chi connectivity index (χ2n) is 4.39. The molecule has 0 saturated carbocycles. The number of nitrogens with one attached hydrogen (secondary N) is 2. The third kappa shape index (κ3) is 5.56. The third-order valence-corrected chi connectivity index (χ3v) is 3.52. The van der Waals surface area contributed by atoms with Crippen molar-refractivity contribution >= 4 is 17.7 Å². The number of carbonyl (C=O) groups excluding carboxylic acids is 1. The van der Waals surface area contributed by atoms with Crippen LogP contribution in [0.2, 0.25) is 0 Å². The number of hydrogen-bond donors (Lipinski definition) is 2. The molecule has 1 amide bonds. The van der Waals surface area contributed by atoms with E-state index < -0.39 is 0 Å². The molecule has 0 unspecified atom stereocenters. The van der Waals surface area contributed by atoms with Crippen molar-refractivity contribution in [2.24, 2.45) is 0 Å². The van der Waals surface area contributed by atoms with Crippen LogP contribution in [0, 0.1) is 0 Å². The molecular weight excluding hydrogens is 244 g/mol. The molecule has 0 aliphatic carbocycles. The van der Waals surface area contributed by atoms with E-state index in [0.29, 0.717) is 18.3 Å². The van der Waals surface area contributed by atoms with Gasteiger partial charge >= 0.3 is 0 Å². The summed E-state index contributed by atoms with van der Waals surface area (Å²) in [4.78, 5) is 12.6. The van der Waals surface area contributed by atoms with Crippen LogP contribution in [0.4, 0.5) is 0 Å². The van der Waals surface area contributed by atoms with Gasteiger partial charge in [-0.25, -0.2) is 0 Å². The molecule has 1 aromatic rings. The highest BCUT2D eigenvalue weighted by Crippen LogP contribution is 2.22. The van der Waals surface area contributed by atoms with Gasteiger partial charge in [0.05, 0.1) is 5.75 Å². The summed E-state index contributed by atoms with van der Waals surface area (Å²) in [6, 6.07) is 8.69. The maximum Gasteiger partial charge on any atom is 0.230 e. The maximum absolute atomic E-state index is 11.4. The summed E-state index contributed by atoms with van der Waals surface area (Å²) in [5, 5.41) is 6.21. The first kappa shape index (κ1) is 15.1. The Morgan fingerprint density at radius 1 is 1.33 bits per heavy atom. The SMILES string of the molecule is CCNC(=O)CSc1ccccc1CNC(C)C. The standard InChI is InChI=1S/C14H22N2OS/c1-4-15-14(17)10-18-13-8-6-5-7-12(13)9-16-11(2)3/h5-8,11,16H,4,9-10H2,1-3H3,(H,15,17). The van der Waals surface area contributed by atoms with Crippen LogP contribution in [-0.2, 0) is 11.3 Å². The molecule has 0 spiro atoms. The highest BCUT2D eigenvalue weighted by atomic mass is 32.2. The zero-order chi connectivity index (χ0) is 13.4. The Morgan fingerprint density at radius 3 is 2.72 bits per heavy atom. The average Bonchev–Trinajstić information content (AvgIpc) is 2.35. The third-order valence-electron chi connectivity index (χ3n) is 2.41. The molecular formula is C14H22N2OS. The molecule has 0 saturated heterocycles. The van der Waals surface area contributed by atoms with Crippen molar-refractivity contribution in [3.05, 3.63) is 29.8 Å². The lowest BCUT2D eigenvalue weighted by atomic mass is 10.2. The van der Waals surface area contributed by atoms with Gasteiger partial charge in [-0.05, 0) is 18.6 Å². The van der Waals surface area contributed by atoms with E-state index in [1.54, 1.807) is 11.8 Å². The van der Waals surface area contributed by atoms with Crippen molar-refractivity contribution in [1.29, 1.82) is 0 Å². The van der Waals surface area contributed by atoms with Crippen molar-refractivity contribution in [2.75, 3.05) is 12.3 Å². The summed E-state index contributed by atoms with van der Waals surface area (Å²) in [6.45, 7) is 7.73. The Balaban J connectivity index is 2.56. The van der Waals surface area contributed by atoms with Crippen molar-refractivity contribution in [2.45, 2.75) is 38.3 Å². The number of hydrogen-bond acceptors (Lipinski definition) is 3. The Bertz CT molecular complexity index is 380. The normalized spacial score (nSPS) is 10.7. The van der Waals surface area contributed by atoms with Gasteiger partial charge in [-0.3, -0.25) is 4.79 Å². The minimum absolute atomic E-state index is 0.0918. The van der Waals surface area contributed by atoms with Crippen molar-refractivity contribution < 1.29 is 4.79 Å². The maximum atomic E-state index is 11.4. The van der Waals surface area contributed by atoms with Gasteiger partial charge in [0.1, 0.15) is 0 Å². The molecule has 18 heavy (non-hydrogen) atoms. The van der Waals surface area contributed by atoms with Crippen molar-refractivity contribution in [1.82, 2.24) is 10.6 Å². The van der Waals surface area contributed by atoms with Gasteiger partial charge in [0.2, 0.25) is 5.91 Å². The minimum atomic E-state index is 0.0918. The molecule has 2 N–H and O–H groups in total. The van der Waals surface area contributed by atoms with Crippen molar-refractivity contribution in [3.8, 4) is 0 Å². The first-order chi connectivity index (χ1) is 8.63. The predicted molar refractivity (Wildman–Crippen MR) is 77.8 cm³/mol. The Hall–Kier alpha value is -1.00. The smallest absolute Gasteiger partial charge is 0.230 e. The lowest BCUT2D eigenvalue weighted by Gasteiger charge is -2.12. The molecule has 100 valence electrons. The summed E-state index contributed by atoms with van der Waals surface area (Å²) in [6.07, 6.45) is 0. The van der Waals surface area contributed by atoms with Gasteiger partial charge < -0.3 is 10.6 Å². The summed E-state index contributed by atoms with van der Waals surface area (Å²) < 4.78 is 0. The molecule has 1 aromatic carbocycles. The minimum Gasteiger partial charge on any atom is -0.356 e. The van der Waals surface area contributed by atoms with Gasteiger partial charge in [0.25, 0.3) is 0 Å². The van der Waals surface area contributed by atoms with E-state index in [4.69, 9.17) is 0 Å². The largest absolute Gasteiger partial charge is 0.356 e. The number of benzene rings is 1. The Labute approximate surface area is 114 Å². The van der Waals surface area contributed by atoms with Crippen LogP contribution in [0.25, 0.3) is 0 Å². The lowest BCUT2D eigenvalue weighted by molar-refractivity contribution is -0.118. The van der Waals surface area contributed by atoms with E-state index >= 15 is 0 Å². The molecule has 1 rings (SSSR count). The molecule has 0 aliphatic heterocycles. The molecule has 3 nitrogen and oxygen atoms in total. The molecule has 0 heterocycles. The fraction of sp³-hybridized carbons (Fsp3) is 0.500. The second-order valence-corrected chi connectivity index (χ2v) is 5.40. The van der Waals surface area contributed by atoms with Crippen LogP contribution in [0.3, 0.4) is 0 Å². The monoisotopic (exact) mass is 266 g/mol. The lowest BCUT2D eigenvalue weighted by Crippen LogP contribution is -2.24. The second kappa shape index (κ2) is 8.16. The van der Waals surface area contributed by atoms with E-state index in [1.165, 1.54) is 10.5 Å². The fourth-order valence-electron chi connectivity index (χ4n) is 1.50. The predicted octanol–water partition coefficient (Wildman–Crippen LogP) is 2.41. The summed E-state index contributed by atoms with van der Waals surface area (Å²) in [5.41, 5.74) is 1.25. The highest BCUT2D eigenvalue weighted by Gasteiger charge is 2.06. The zero-order valence-corrected chi connectivity index (χ0v) is 12.1. The van der Waals surface area contributed by atoms with Gasteiger partial charge in [0, 0.05) is 24.0 Å². The average molecular weight is 266 g/mol. The zero-order valence-electron chi connectivity index (χ0n) is 11.3. The van der Waals surface area contributed by atoms with E-state index in [2.05, 4.69) is 36.6 Å². The van der Waals surface area contributed by atoms with Gasteiger partial charge in [-0.2, -0.15) is 0 Å². The number of carbonyl (C=O) groups is 1. The van der Waals surface area contributed by atoms with E-state index in [1.807, 2.05) is 19.1 Å². The first-order valence-electron chi connectivity index (χ1n) is 6.34. The molecule has 4 heteroatoms. The summed E-state index contributed by atoms with van der Waals surface area (Å²) >= 11 is 1.59. The molecule has 0 fully saturated rings. The van der Waals surface area contributed by atoms with Gasteiger partial charge in [-0.15, -0.1) is 11.8 Å². The topological polar surface area (TPSA) is 41.1 Å². The van der Waals surface area contributed by atoms with Crippen LogP contribution in [0.1, 0.15) is 26.3 Å². The summed E-state index contributed by atoms with van der Waals surface area (Å²) in [7, 11) is 0. The molecule has 0 aliphatic rings. The van der Waals surface area contributed by atoms with E-state index in [-0.39, 0.29) is 5.91 Å².